The van der Waals surface area contributed by atoms with Crippen molar-refractivity contribution >= 4 is 23.3 Å². The number of nitrogens with zero attached hydrogens (tertiary/aromatic N) is 1. The summed E-state index contributed by atoms with van der Waals surface area (Å²) >= 11 is 0. The molecule has 0 saturated heterocycles. The summed E-state index contributed by atoms with van der Waals surface area (Å²) in [6.07, 6.45) is 0.204. The van der Waals surface area contributed by atoms with Gasteiger partial charge in [0.25, 0.3) is 0 Å². The van der Waals surface area contributed by atoms with Crippen molar-refractivity contribution < 1.29 is 27.9 Å². The molecule has 2 aromatic carbocycles. The number of benzene rings is 2. The van der Waals surface area contributed by atoms with Crippen molar-refractivity contribution in [1.82, 2.24) is 0 Å². The first kappa shape index (κ1) is 16.8. The van der Waals surface area contributed by atoms with E-state index in [1.807, 2.05) is 0 Å². The van der Waals surface area contributed by atoms with E-state index in [1.165, 1.54) is 11.0 Å². The van der Waals surface area contributed by atoms with Crippen molar-refractivity contribution in [3.63, 3.8) is 0 Å². The molecule has 1 amide bonds. The van der Waals surface area contributed by atoms with Crippen LogP contribution in [0.25, 0.3) is 0 Å². The van der Waals surface area contributed by atoms with Gasteiger partial charge in [0.2, 0.25) is 5.91 Å². The van der Waals surface area contributed by atoms with Gasteiger partial charge in [0.1, 0.15) is 11.6 Å². The number of Topliss-reactive ketones (excluding diaryl/α,β-unsaturated/α-hetero) is 1. The lowest BCUT2D eigenvalue weighted by Gasteiger charge is -2.10. The van der Waals surface area contributed by atoms with E-state index in [4.69, 9.17) is 4.74 Å². The third-order valence-corrected chi connectivity index (χ3v) is 3.91. The first-order valence-corrected chi connectivity index (χ1v) is 7.41. The van der Waals surface area contributed by atoms with E-state index in [0.29, 0.717) is 11.6 Å². The quantitative estimate of drug-likeness (QED) is 0.631. The number of amides is 1. The van der Waals surface area contributed by atoms with Gasteiger partial charge in [0.15, 0.2) is 12.4 Å². The Labute approximate surface area is 141 Å². The van der Waals surface area contributed by atoms with E-state index in [2.05, 4.69) is 0 Å². The van der Waals surface area contributed by atoms with Gasteiger partial charge in [-0.3, -0.25) is 9.59 Å². The number of halogens is 2. The van der Waals surface area contributed by atoms with Gasteiger partial charge in [-0.05, 0) is 35.9 Å². The molecule has 0 bridgehead atoms. The van der Waals surface area contributed by atoms with Gasteiger partial charge in [-0.1, -0.05) is 0 Å². The highest BCUT2D eigenvalue weighted by molar-refractivity contribution is 6.04. The molecule has 5 nitrogen and oxygen atoms in total. The highest BCUT2D eigenvalue weighted by atomic mass is 19.1. The molecule has 7 heteroatoms. The standard InChI is InChI=1S/C18H13F2NO4/c1-21-15-3-2-10(4-11(15)7-17(21)23)16(22)9-25-18(24)12-5-13(19)8-14(20)6-12/h2-6,8H,7,9H2,1H3. The maximum Gasteiger partial charge on any atom is 0.338 e. The Morgan fingerprint density at radius 1 is 1.08 bits per heavy atom. The summed E-state index contributed by atoms with van der Waals surface area (Å²) in [6, 6.07) is 7.04. The van der Waals surface area contributed by atoms with Crippen LogP contribution < -0.4 is 4.90 Å². The Morgan fingerprint density at radius 2 is 1.76 bits per heavy atom. The van der Waals surface area contributed by atoms with Crippen molar-refractivity contribution in [2.24, 2.45) is 0 Å². The van der Waals surface area contributed by atoms with Crippen LogP contribution in [0, 0.1) is 11.6 Å². The summed E-state index contributed by atoms with van der Waals surface area (Å²) in [5.41, 5.74) is 1.43. The molecule has 1 aliphatic rings. The minimum Gasteiger partial charge on any atom is -0.454 e. The predicted octanol–water partition coefficient (Wildman–Crippen LogP) is 2.52. The summed E-state index contributed by atoms with van der Waals surface area (Å²) < 4.78 is 31.0. The zero-order chi connectivity index (χ0) is 18.1. The lowest BCUT2D eigenvalue weighted by atomic mass is 10.1. The molecule has 0 unspecified atom stereocenters. The van der Waals surface area contributed by atoms with Gasteiger partial charge in [-0.15, -0.1) is 0 Å². The Kier molecular flexibility index (Phi) is 4.31. The fourth-order valence-corrected chi connectivity index (χ4v) is 2.61. The van der Waals surface area contributed by atoms with Gasteiger partial charge in [0.05, 0.1) is 12.0 Å². The first-order valence-electron chi connectivity index (χ1n) is 7.41. The zero-order valence-electron chi connectivity index (χ0n) is 13.2. The van der Waals surface area contributed by atoms with Gasteiger partial charge in [0, 0.05) is 24.4 Å². The smallest absolute Gasteiger partial charge is 0.338 e. The lowest BCUT2D eigenvalue weighted by molar-refractivity contribution is -0.117. The predicted molar refractivity (Wildman–Crippen MR) is 84.5 cm³/mol. The molecule has 1 aliphatic heterocycles. The SMILES string of the molecule is CN1C(=O)Cc2cc(C(=O)COC(=O)c3cc(F)cc(F)c3)ccc21. The molecule has 0 aliphatic carbocycles. The topological polar surface area (TPSA) is 63.7 Å². The number of ketones is 1. The van der Waals surface area contributed by atoms with Crippen LogP contribution in [0.15, 0.2) is 36.4 Å². The number of likely N-dealkylation sites (N-methyl/N-ethyl adjacent to an activating group) is 1. The molecule has 0 N–H and O–H groups in total. The fraction of sp³-hybridized carbons (Fsp3) is 0.167. The van der Waals surface area contributed by atoms with Crippen molar-refractivity contribution in [2.45, 2.75) is 6.42 Å². The monoisotopic (exact) mass is 345 g/mol. The van der Waals surface area contributed by atoms with Crippen molar-refractivity contribution in [1.29, 1.82) is 0 Å². The number of carbonyl (C=O) groups is 3. The third-order valence-electron chi connectivity index (χ3n) is 3.91. The number of hydrogen-bond donors (Lipinski definition) is 0. The average Bonchev–Trinajstić information content (AvgIpc) is 2.85. The van der Waals surface area contributed by atoms with Crippen molar-refractivity contribution in [3.05, 3.63) is 64.7 Å². The molecule has 0 aromatic heterocycles. The molecular weight excluding hydrogens is 332 g/mol. The normalized spacial score (nSPS) is 12.9. The lowest BCUT2D eigenvalue weighted by Crippen LogP contribution is -2.20. The van der Waals surface area contributed by atoms with Crippen LogP contribution >= 0.6 is 0 Å². The molecule has 3 rings (SSSR count). The fourth-order valence-electron chi connectivity index (χ4n) is 2.61. The molecule has 25 heavy (non-hydrogen) atoms. The second kappa shape index (κ2) is 6.43. The molecule has 0 fully saturated rings. The van der Waals surface area contributed by atoms with E-state index in [1.54, 1.807) is 19.2 Å². The summed E-state index contributed by atoms with van der Waals surface area (Å²) in [5.74, 6) is -3.37. The van der Waals surface area contributed by atoms with E-state index in [9.17, 15) is 23.2 Å². The minimum atomic E-state index is -0.997. The van der Waals surface area contributed by atoms with Crippen LogP contribution in [-0.4, -0.2) is 31.3 Å². The third kappa shape index (κ3) is 3.40. The molecule has 0 radical (unpaired) electrons. The van der Waals surface area contributed by atoms with Crippen molar-refractivity contribution in [3.8, 4) is 0 Å². The van der Waals surface area contributed by atoms with Gasteiger partial charge < -0.3 is 9.64 Å². The number of fused-ring (bicyclic) bond motifs is 1. The molecule has 0 spiro atoms. The number of hydrogen-bond acceptors (Lipinski definition) is 4. The molecule has 2 aromatic rings. The molecular formula is C18H13F2NO4. The Morgan fingerprint density at radius 3 is 2.44 bits per heavy atom. The summed E-state index contributed by atoms with van der Waals surface area (Å²) in [4.78, 5) is 37.1. The second-order valence-corrected chi connectivity index (χ2v) is 5.63. The maximum absolute atomic E-state index is 13.1. The van der Waals surface area contributed by atoms with E-state index >= 15 is 0 Å². The Hall–Kier alpha value is -3.09. The van der Waals surface area contributed by atoms with Gasteiger partial charge in [-0.25, -0.2) is 13.6 Å². The van der Waals surface area contributed by atoms with Crippen LogP contribution in [0.2, 0.25) is 0 Å². The first-order chi connectivity index (χ1) is 11.8. The van der Waals surface area contributed by atoms with Crippen LogP contribution in [0.4, 0.5) is 14.5 Å². The average molecular weight is 345 g/mol. The van der Waals surface area contributed by atoms with Crippen LogP contribution in [0.3, 0.4) is 0 Å². The summed E-state index contributed by atoms with van der Waals surface area (Å²) in [6.45, 7) is -0.570. The highest BCUT2D eigenvalue weighted by Crippen LogP contribution is 2.28. The van der Waals surface area contributed by atoms with Crippen molar-refractivity contribution in [2.75, 3.05) is 18.6 Å². The number of ether oxygens (including phenoxy) is 1. The maximum atomic E-state index is 13.1. The van der Waals surface area contributed by atoms with E-state index in [0.717, 1.165) is 23.4 Å². The zero-order valence-corrected chi connectivity index (χ0v) is 13.2. The molecule has 0 atom stereocenters. The highest BCUT2D eigenvalue weighted by Gasteiger charge is 2.25. The second-order valence-electron chi connectivity index (χ2n) is 5.63. The van der Waals surface area contributed by atoms with E-state index < -0.39 is 30.0 Å². The molecule has 128 valence electrons. The number of carbonyl (C=O) groups excluding carboxylic acids is 3. The largest absolute Gasteiger partial charge is 0.454 e. The summed E-state index contributed by atoms with van der Waals surface area (Å²) in [5, 5.41) is 0. The van der Waals surface area contributed by atoms with Crippen LogP contribution in [0.1, 0.15) is 26.3 Å². The van der Waals surface area contributed by atoms with Gasteiger partial charge in [-0.2, -0.15) is 0 Å². The minimum absolute atomic E-state index is 0.0702. The van der Waals surface area contributed by atoms with Crippen LogP contribution in [0.5, 0.6) is 0 Å². The molecule has 1 heterocycles. The van der Waals surface area contributed by atoms with Crippen LogP contribution in [-0.2, 0) is 16.0 Å². The Bertz CT molecular complexity index is 874. The van der Waals surface area contributed by atoms with Gasteiger partial charge >= 0.3 is 5.97 Å². The summed E-state index contributed by atoms with van der Waals surface area (Å²) in [7, 11) is 1.65. The number of anilines is 1. The molecule has 0 saturated carbocycles. The van der Waals surface area contributed by atoms with E-state index in [-0.39, 0.29) is 17.9 Å². The number of rotatable bonds is 4. The Balaban J connectivity index is 1.68. The number of esters is 1.